The van der Waals surface area contributed by atoms with E-state index in [4.69, 9.17) is 0 Å². The highest BCUT2D eigenvalue weighted by Gasteiger charge is 2.58. The van der Waals surface area contributed by atoms with E-state index in [1.165, 1.54) is 0 Å². The van der Waals surface area contributed by atoms with Gasteiger partial charge in [0.25, 0.3) is 0 Å². The number of hydrogen-bond donors (Lipinski definition) is 0. The van der Waals surface area contributed by atoms with E-state index in [9.17, 15) is 9.59 Å². The summed E-state index contributed by atoms with van der Waals surface area (Å²) < 4.78 is 0. The Kier molecular flexibility index (Phi) is 1.92. The molecule has 0 radical (unpaired) electrons. The molecule has 0 aromatic carbocycles. The fourth-order valence-electron chi connectivity index (χ4n) is 3.84. The zero-order valence-electron chi connectivity index (χ0n) is 10.1. The molecule has 3 aliphatic rings. The van der Waals surface area contributed by atoms with Gasteiger partial charge in [0.15, 0.2) is 5.78 Å². The minimum absolute atomic E-state index is 0.185. The Balaban J connectivity index is 1.99. The predicted molar refractivity (Wildman–Crippen MR) is 64.6 cm³/mol. The number of allylic oxidation sites excluding steroid dienone is 2. The maximum absolute atomic E-state index is 12.4. The number of ketones is 2. The van der Waals surface area contributed by atoms with Crippen LogP contribution < -0.4 is 0 Å². The number of Topliss-reactive ketones (excluding diaryl/α,β-unsaturated/α-hetero) is 2. The van der Waals surface area contributed by atoms with Gasteiger partial charge in [-0.3, -0.25) is 9.59 Å². The molecule has 3 aliphatic carbocycles. The van der Waals surface area contributed by atoms with E-state index in [0.29, 0.717) is 23.9 Å². The van der Waals surface area contributed by atoms with Gasteiger partial charge in [-0.25, -0.2) is 0 Å². The highest BCUT2D eigenvalue weighted by Crippen LogP contribution is 2.55. The smallest absolute Gasteiger partial charge is 0.158 e. The number of fused-ring (bicyclic) bond motifs is 5. The van der Waals surface area contributed by atoms with E-state index < -0.39 is 8.07 Å². The molecular weight excluding hydrogens is 216 g/mol. The summed E-state index contributed by atoms with van der Waals surface area (Å²) >= 11 is 0. The Hall–Kier alpha value is -0.703. The van der Waals surface area contributed by atoms with Crippen LogP contribution in [0.5, 0.6) is 0 Å². The standard InChI is InChI=1S/C13H18O2Si/c1-16(2,3)11-6-9-8-4-7(5-10(8)14)12(9)13(11)15/h6-9,12H,4-5H2,1-3H3/t7-,8-,9+,12-/m0/s1. The van der Waals surface area contributed by atoms with E-state index in [1.807, 2.05) is 0 Å². The first-order chi connectivity index (χ1) is 7.39. The molecule has 0 saturated heterocycles. The molecule has 0 heterocycles. The second-order valence-corrected chi connectivity index (χ2v) is 11.6. The average Bonchev–Trinajstić information content (AvgIpc) is 2.74. The van der Waals surface area contributed by atoms with Crippen molar-refractivity contribution in [3.63, 3.8) is 0 Å². The second-order valence-electron chi connectivity index (χ2n) is 6.57. The fraction of sp³-hybridized carbons (Fsp3) is 0.692. The lowest BCUT2D eigenvalue weighted by molar-refractivity contribution is -0.126. The molecular formula is C13H18O2Si. The normalized spacial score (nSPS) is 41.6. The monoisotopic (exact) mass is 234 g/mol. The molecule has 0 aromatic rings. The Morgan fingerprint density at radius 2 is 1.94 bits per heavy atom. The molecule has 4 atom stereocenters. The van der Waals surface area contributed by atoms with Gasteiger partial charge >= 0.3 is 0 Å². The van der Waals surface area contributed by atoms with Gasteiger partial charge in [-0.2, -0.15) is 0 Å². The number of carbonyl (C=O) groups excluding carboxylic acids is 2. The molecule has 16 heavy (non-hydrogen) atoms. The van der Waals surface area contributed by atoms with E-state index >= 15 is 0 Å². The van der Waals surface area contributed by atoms with Crippen molar-refractivity contribution in [2.75, 3.05) is 0 Å². The van der Waals surface area contributed by atoms with Gasteiger partial charge in [-0.05, 0) is 23.5 Å². The van der Waals surface area contributed by atoms with E-state index in [0.717, 1.165) is 11.6 Å². The molecule has 2 bridgehead atoms. The second kappa shape index (κ2) is 2.95. The average molecular weight is 234 g/mol. The van der Waals surface area contributed by atoms with Crippen molar-refractivity contribution in [3.05, 3.63) is 11.3 Å². The van der Waals surface area contributed by atoms with Gasteiger partial charge in [0.1, 0.15) is 5.78 Å². The van der Waals surface area contributed by atoms with Crippen molar-refractivity contribution in [3.8, 4) is 0 Å². The Morgan fingerprint density at radius 1 is 1.25 bits per heavy atom. The lowest BCUT2D eigenvalue weighted by atomic mass is 9.80. The van der Waals surface area contributed by atoms with Gasteiger partial charge in [0, 0.05) is 18.3 Å². The van der Waals surface area contributed by atoms with Crippen LogP contribution in [-0.4, -0.2) is 19.6 Å². The summed E-state index contributed by atoms with van der Waals surface area (Å²) in [6.45, 7) is 6.67. The lowest BCUT2D eigenvalue weighted by Gasteiger charge is -2.22. The molecule has 3 rings (SSSR count). The first-order valence-corrected chi connectivity index (χ1v) is 9.69. The summed E-state index contributed by atoms with van der Waals surface area (Å²) in [5.41, 5.74) is 0. The zero-order chi connectivity index (χ0) is 11.7. The molecule has 86 valence electrons. The Labute approximate surface area is 97.1 Å². The molecule has 0 unspecified atom stereocenters. The van der Waals surface area contributed by atoms with Crippen LogP contribution in [0.3, 0.4) is 0 Å². The summed E-state index contributed by atoms with van der Waals surface area (Å²) in [4.78, 5) is 24.1. The molecule has 2 fully saturated rings. The molecule has 0 amide bonds. The number of carbonyl (C=O) groups is 2. The van der Waals surface area contributed by atoms with Crippen molar-refractivity contribution in [2.24, 2.45) is 23.7 Å². The van der Waals surface area contributed by atoms with Crippen LogP contribution in [0.1, 0.15) is 12.8 Å². The van der Waals surface area contributed by atoms with Gasteiger partial charge in [0.05, 0.1) is 8.07 Å². The van der Waals surface area contributed by atoms with E-state index in [1.54, 1.807) is 0 Å². The van der Waals surface area contributed by atoms with Gasteiger partial charge in [0.2, 0.25) is 0 Å². The maximum Gasteiger partial charge on any atom is 0.158 e. The van der Waals surface area contributed by atoms with Crippen molar-refractivity contribution < 1.29 is 9.59 Å². The summed E-state index contributed by atoms with van der Waals surface area (Å²) in [7, 11) is -1.51. The Bertz CT molecular complexity index is 416. The van der Waals surface area contributed by atoms with Gasteiger partial charge in [-0.15, -0.1) is 0 Å². The summed E-state index contributed by atoms with van der Waals surface area (Å²) in [5, 5.41) is 1.10. The summed E-state index contributed by atoms with van der Waals surface area (Å²) in [6.07, 6.45) is 3.83. The largest absolute Gasteiger partial charge is 0.299 e. The third kappa shape index (κ3) is 1.18. The first kappa shape index (κ1) is 10.5. The zero-order valence-corrected chi connectivity index (χ0v) is 11.1. The lowest BCUT2D eigenvalue weighted by Crippen LogP contribution is -2.33. The number of rotatable bonds is 1. The third-order valence-corrected chi connectivity index (χ3v) is 6.59. The predicted octanol–water partition coefficient (Wildman–Crippen LogP) is 2.21. The molecule has 3 heteroatoms. The van der Waals surface area contributed by atoms with Crippen LogP contribution in [0.4, 0.5) is 0 Å². The van der Waals surface area contributed by atoms with Crippen molar-refractivity contribution >= 4 is 19.6 Å². The maximum atomic E-state index is 12.4. The van der Waals surface area contributed by atoms with Crippen molar-refractivity contribution in [1.82, 2.24) is 0 Å². The van der Waals surface area contributed by atoms with Gasteiger partial charge in [-0.1, -0.05) is 25.7 Å². The SMILES string of the molecule is C[Si](C)(C)C1=C[C@H]2[C@@H](C1=O)[C@@H]1CC(=O)[C@H]2C1. The van der Waals surface area contributed by atoms with Gasteiger partial charge < -0.3 is 0 Å². The minimum atomic E-state index is -1.51. The van der Waals surface area contributed by atoms with Crippen LogP contribution in [0.15, 0.2) is 11.3 Å². The Morgan fingerprint density at radius 3 is 2.56 bits per heavy atom. The molecule has 2 nitrogen and oxygen atoms in total. The van der Waals surface area contributed by atoms with Crippen LogP contribution >= 0.6 is 0 Å². The summed E-state index contributed by atoms with van der Waals surface area (Å²) in [5.74, 6) is 1.83. The van der Waals surface area contributed by atoms with Crippen LogP contribution in [0, 0.1) is 23.7 Å². The summed E-state index contributed by atoms with van der Waals surface area (Å²) in [6, 6.07) is 0. The minimum Gasteiger partial charge on any atom is -0.299 e. The number of hydrogen-bond acceptors (Lipinski definition) is 2. The van der Waals surface area contributed by atoms with E-state index in [2.05, 4.69) is 25.7 Å². The molecule has 0 aromatic heterocycles. The topological polar surface area (TPSA) is 34.1 Å². The van der Waals surface area contributed by atoms with Crippen LogP contribution in [-0.2, 0) is 9.59 Å². The van der Waals surface area contributed by atoms with Crippen molar-refractivity contribution in [1.29, 1.82) is 0 Å². The molecule has 0 spiro atoms. The van der Waals surface area contributed by atoms with E-state index in [-0.39, 0.29) is 17.8 Å². The van der Waals surface area contributed by atoms with Crippen LogP contribution in [0.2, 0.25) is 19.6 Å². The van der Waals surface area contributed by atoms with Crippen molar-refractivity contribution in [2.45, 2.75) is 32.5 Å². The first-order valence-electron chi connectivity index (χ1n) is 6.19. The molecule has 0 N–H and O–H groups in total. The molecule has 2 saturated carbocycles. The quantitative estimate of drug-likeness (QED) is 0.652. The fourth-order valence-corrected chi connectivity index (χ4v) is 5.44. The highest BCUT2D eigenvalue weighted by atomic mass is 28.3. The molecule has 0 aliphatic heterocycles. The third-order valence-electron chi connectivity index (χ3n) is 4.56. The highest BCUT2D eigenvalue weighted by molar-refractivity contribution is 6.87. The van der Waals surface area contributed by atoms with Crippen LogP contribution in [0.25, 0.3) is 0 Å².